The Bertz CT molecular complexity index is 876. The van der Waals surface area contributed by atoms with Crippen molar-refractivity contribution in [3.05, 3.63) is 64.7 Å². The molecule has 2 aromatic rings. The number of nitrogens with one attached hydrogen (secondary N) is 1. The number of hydrogen-bond acceptors (Lipinski definition) is 2. The second-order valence-corrected chi connectivity index (χ2v) is 6.72. The molecule has 0 saturated carbocycles. The minimum Gasteiger partial charge on any atom is -0.347 e. The maximum atomic E-state index is 12.6. The Labute approximate surface area is 155 Å². The average molecular weight is 376 g/mol. The van der Waals surface area contributed by atoms with Crippen molar-refractivity contribution in [1.82, 2.24) is 5.32 Å². The summed E-state index contributed by atoms with van der Waals surface area (Å²) in [7, 11) is 0. The van der Waals surface area contributed by atoms with Crippen molar-refractivity contribution in [2.24, 2.45) is 0 Å². The van der Waals surface area contributed by atoms with Gasteiger partial charge in [-0.15, -0.1) is 0 Å². The minimum absolute atomic E-state index is 0.101. The van der Waals surface area contributed by atoms with Gasteiger partial charge in [-0.1, -0.05) is 6.07 Å². The number of aryl methyl sites for hydroxylation is 2. The Kier molecular flexibility index (Phi) is 4.95. The average Bonchev–Trinajstić information content (AvgIpc) is 2.97. The molecule has 4 nitrogen and oxygen atoms in total. The number of carbonyl (C=O) groups is 2. The molecule has 27 heavy (non-hydrogen) atoms. The van der Waals surface area contributed by atoms with Gasteiger partial charge < -0.3 is 10.2 Å². The van der Waals surface area contributed by atoms with Crippen molar-refractivity contribution in [3.63, 3.8) is 0 Å². The Morgan fingerprint density at radius 1 is 1.07 bits per heavy atom. The van der Waals surface area contributed by atoms with Crippen LogP contribution >= 0.6 is 0 Å². The molecule has 1 aliphatic rings. The van der Waals surface area contributed by atoms with Crippen LogP contribution in [0.1, 0.15) is 33.5 Å². The van der Waals surface area contributed by atoms with Crippen LogP contribution in [-0.2, 0) is 11.0 Å². The summed E-state index contributed by atoms with van der Waals surface area (Å²) >= 11 is 0. The van der Waals surface area contributed by atoms with Gasteiger partial charge in [0.15, 0.2) is 0 Å². The van der Waals surface area contributed by atoms with Gasteiger partial charge in [-0.3, -0.25) is 9.59 Å². The molecule has 2 amide bonds. The molecular formula is C20H19F3N2O2. The fraction of sp³-hybridized carbons (Fsp3) is 0.300. The molecule has 7 heteroatoms. The molecule has 3 rings (SSSR count). The molecule has 0 radical (unpaired) electrons. The number of halogens is 3. The Morgan fingerprint density at radius 3 is 2.33 bits per heavy atom. The van der Waals surface area contributed by atoms with Crippen molar-refractivity contribution in [2.45, 2.75) is 32.5 Å². The molecule has 1 N–H and O–H groups in total. The fourth-order valence-electron chi connectivity index (χ4n) is 3.03. The van der Waals surface area contributed by atoms with Gasteiger partial charge in [0.25, 0.3) is 5.91 Å². The van der Waals surface area contributed by atoms with Crippen LogP contribution in [0.25, 0.3) is 0 Å². The summed E-state index contributed by atoms with van der Waals surface area (Å²) in [5, 5.41) is 2.73. The van der Waals surface area contributed by atoms with Gasteiger partial charge in [0.05, 0.1) is 11.6 Å². The first-order chi connectivity index (χ1) is 12.6. The summed E-state index contributed by atoms with van der Waals surface area (Å²) in [6, 6.07) is 9.34. The monoisotopic (exact) mass is 376 g/mol. The van der Waals surface area contributed by atoms with Gasteiger partial charge in [0.2, 0.25) is 5.91 Å². The van der Waals surface area contributed by atoms with Crippen molar-refractivity contribution in [3.8, 4) is 0 Å². The smallest absolute Gasteiger partial charge is 0.347 e. The van der Waals surface area contributed by atoms with Crippen molar-refractivity contribution in [1.29, 1.82) is 0 Å². The molecule has 1 aliphatic heterocycles. The number of carbonyl (C=O) groups excluding carboxylic acids is 2. The number of alkyl halides is 3. The van der Waals surface area contributed by atoms with Crippen LogP contribution in [0.4, 0.5) is 18.9 Å². The summed E-state index contributed by atoms with van der Waals surface area (Å²) in [5.41, 5.74) is 2.28. The molecule has 1 atom stereocenters. The van der Waals surface area contributed by atoms with Crippen LogP contribution < -0.4 is 10.2 Å². The van der Waals surface area contributed by atoms with E-state index in [2.05, 4.69) is 5.32 Å². The fourth-order valence-corrected chi connectivity index (χ4v) is 3.03. The molecule has 0 aliphatic carbocycles. The lowest BCUT2D eigenvalue weighted by molar-refractivity contribution is -0.137. The van der Waals surface area contributed by atoms with E-state index in [0.29, 0.717) is 6.54 Å². The highest BCUT2D eigenvalue weighted by molar-refractivity contribution is 5.99. The Morgan fingerprint density at radius 2 is 1.74 bits per heavy atom. The number of amides is 2. The van der Waals surface area contributed by atoms with Gasteiger partial charge in [-0.2, -0.15) is 13.2 Å². The highest BCUT2D eigenvalue weighted by Gasteiger charge is 2.33. The van der Waals surface area contributed by atoms with Gasteiger partial charge in [-0.25, -0.2) is 0 Å². The van der Waals surface area contributed by atoms with E-state index >= 15 is 0 Å². The van der Waals surface area contributed by atoms with Gasteiger partial charge in [0, 0.05) is 24.2 Å². The zero-order valence-corrected chi connectivity index (χ0v) is 14.9. The Balaban J connectivity index is 1.67. The molecule has 0 unspecified atom stereocenters. The summed E-state index contributed by atoms with van der Waals surface area (Å²) in [6.45, 7) is 4.27. The molecule has 1 heterocycles. The van der Waals surface area contributed by atoms with Crippen LogP contribution in [0.5, 0.6) is 0 Å². The quantitative estimate of drug-likeness (QED) is 0.884. The molecular weight excluding hydrogens is 357 g/mol. The highest BCUT2D eigenvalue weighted by Crippen LogP contribution is 2.29. The molecule has 1 saturated heterocycles. The SMILES string of the molecule is Cc1ccc(N2C[C@@H](NC(=O)c3ccc(C(F)(F)F)cc3)CC2=O)cc1C. The molecule has 0 spiro atoms. The number of benzene rings is 2. The normalized spacial score (nSPS) is 17.3. The molecule has 142 valence electrons. The van der Waals surface area contributed by atoms with E-state index in [4.69, 9.17) is 0 Å². The van der Waals surface area contributed by atoms with Gasteiger partial charge in [0.1, 0.15) is 0 Å². The largest absolute Gasteiger partial charge is 0.416 e. The maximum absolute atomic E-state index is 12.6. The van der Waals surface area contributed by atoms with E-state index in [1.54, 1.807) is 4.90 Å². The third-order valence-electron chi connectivity index (χ3n) is 4.74. The van der Waals surface area contributed by atoms with Crippen LogP contribution in [0, 0.1) is 13.8 Å². The zero-order chi connectivity index (χ0) is 19.8. The van der Waals surface area contributed by atoms with E-state index in [9.17, 15) is 22.8 Å². The van der Waals surface area contributed by atoms with Crippen LogP contribution in [0.2, 0.25) is 0 Å². The topological polar surface area (TPSA) is 49.4 Å². The highest BCUT2D eigenvalue weighted by atomic mass is 19.4. The second-order valence-electron chi connectivity index (χ2n) is 6.72. The molecule has 2 aromatic carbocycles. The first-order valence-corrected chi connectivity index (χ1v) is 8.51. The van der Waals surface area contributed by atoms with Crippen LogP contribution in [0.15, 0.2) is 42.5 Å². The lowest BCUT2D eigenvalue weighted by Gasteiger charge is -2.18. The van der Waals surface area contributed by atoms with Crippen molar-refractivity contribution < 1.29 is 22.8 Å². The lowest BCUT2D eigenvalue weighted by Crippen LogP contribution is -2.37. The predicted molar refractivity (Wildman–Crippen MR) is 95.6 cm³/mol. The van der Waals surface area contributed by atoms with Gasteiger partial charge >= 0.3 is 6.18 Å². The van der Waals surface area contributed by atoms with E-state index in [1.807, 2.05) is 32.0 Å². The molecule has 0 bridgehead atoms. The lowest BCUT2D eigenvalue weighted by atomic mass is 10.1. The summed E-state index contributed by atoms with van der Waals surface area (Å²) < 4.78 is 37.8. The minimum atomic E-state index is -4.44. The third-order valence-corrected chi connectivity index (χ3v) is 4.74. The first kappa shape index (κ1) is 18.9. The number of anilines is 1. The summed E-state index contributed by atoms with van der Waals surface area (Å²) in [5.74, 6) is -0.598. The predicted octanol–water partition coefficient (Wildman–Crippen LogP) is 3.86. The first-order valence-electron chi connectivity index (χ1n) is 8.51. The van der Waals surface area contributed by atoms with E-state index in [-0.39, 0.29) is 17.9 Å². The van der Waals surface area contributed by atoms with Crippen molar-refractivity contribution >= 4 is 17.5 Å². The summed E-state index contributed by atoms with van der Waals surface area (Å²) in [6.07, 6.45) is -4.29. The van der Waals surface area contributed by atoms with Crippen LogP contribution in [0.3, 0.4) is 0 Å². The zero-order valence-electron chi connectivity index (χ0n) is 14.9. The number of hydrogen-bond donors (Lipinski definition) is 1. The van der Waals surface area contributed by atoms with E-state index in [0.717, 1.165) is 41.1 Å². The standard InChI is InChI=1S/C20H19F3N2O2/c1-12-3-8-17(9-13(12)2)25-11-16(10-18(25)26)24-19(27)14-4-6-15(7-5-14)20(21,22)23/h3-9,16H,10-11H2,1-2H3,(H,24,27)/t16-/m0/s1. The molecule has 0 aromatic heterocycles. The molecule has 1 fully saturated rings. The maximum Gasteiger partial charge on any atom is 0.416 e. The van der Waals surface area contributed by atoms with Gasteiger partial charge in [-0.05, 0) is 61.4 Å². The summed E-state index contributed by atoms with van der Waals surface area (Å²) in [4.78, 5) is 26.2. The van der Waals surface area contributed by atoms with Crippen LogP contribution in [-0.4, -0.2) is 24.4 Å². The number of nitrogens with zero attached hydrogens (tertiary/aromatic N) is 1. The van der Waals surface area contributed by atoms with Crippen molar-refractivity contribution in [2.75, 3.05) is 11.4 Å². The third kappa shape index (κ3) is 4.13. The van der Waals surface area contributed by atoms with E-state index < -0.39 is 23.7 Å². The Hall–Kier alpha value is -2.83. The van der Waals surface area contributed by atoms with E-state index in [1.165, 1.54) is 0 Å². The second kappa shape index (κ2) is 7.06. The number of rotatable bonds is 3.